The van der Waals surface area contributed by atoms with Crippen LogP contribution < -0.4 is 9.30 Å². The van der Waals surface area contributed by atoms with Gasteiger partial charge in [0.1, 0.15) is 12.8 Å². The first kappa shape index (κ1) is 13.4. The third-order valence-corrected chi connectivity index (χ3v) is 3.03. The van der Waals surface area contributed by atoms with E-state index in [2.05, 4.69) is 4.74 Å². The maximum Gasteiger partial charge on any atom is 0.337 e. The number of nitrogens with zero attached hydrogens (tertiary/aromatic N) is 1. The molecule has 0 spiro atoms. The number of carbonyl (C=O) groups is 1. The molecule has 0 unspecified atom stereocenters. The van der Waals surface area contributed by atoms with Gasteiger partial charge in [-0.3, -0.25) is 0 Å². The summed E-state index contributed by atoms with van der Waals surface area (Å²) < 4.78 is 12.0. The highest BCUT2D eigenvalue weighted by atomic mass is 35.5. The number of hydrogen-bond acceptors (Lipinski definition) is 3. The smallest absolute Gasteiger partial charge is 0.337 e. The van der Waals surface area contributed by atoms with Gasteiger partial charge in [-0.1, -0.05) is 0 Å². The van der Waals surface area contributed by atoms with Crippen molar-refractivity contribution in [2.24, 2.45) is 7.05 Å². The zero-order valence-corrected chi connectivity index (χ0v) is 11.3. The van der Waals surface area contributed by atoms with Gasteiger partial charge in [0.25, 0.3) is 0 Å². The zero-order chi connectivity index (χ0) is 13.8. The van der Waals surface area contributed by atoms with Gasteiger partial charge in [-0.2, -0.15) is 4.57 Å². The molecule has 0 amide bonds. The van der Waals surface area contributed by atoms with Crippen molar-refractivity contribution in [3.8, 4) is 11.5 Å². The monoisotopic (exact) mass is 278 g/mol. The van der Waals surface area contributed by atoms with Crippen LogP contribution in [0.5, 0.6) is 11.5 Å². The van der Waals surface area contributed by atoms with Crippen LogP contribution in [0.3, 0.4) is 0 Å². The second-order valence-corrected chi connectivity index (χ2v) is 4.25. The fraction of sp³-hybridized carbons (Fsp3) is 0.143. The highest BCUT2D eigenvalue weighted by Gasteiger charge is 2.12. The number of pyridine rings is 1. The predicted molar refractivity (Wildman–Crippen MR) is 70.5 cm³/mol. The Morgan fingerprint density at radius 2 is 1.89 bits per heavy atom. The third kappa shape index (κ3) is 3.03. The van der Waals surface area contributed by atoms with E-state index in [1.807, 2.05) is 19.3 Å². The minimum atomic E-state index is -0.379. The maximum atomic E-state index is 11.3. The van der Waals surface area contributed by atoms with Crippen molar-refractivity contribution in [2.75, 3.05) is 7.11 Å². The molecule has 1 heterocycles. The van der Waals surface area contributed by atoms with Gasteiger partial charge < -0.3 is 9.47 Å². The molecule has 0 aliphatic heterocycles. The van der Waals surface area contributed by atoms with Crippen LogP contribution >= 0.6 is 11.6 Å². The van der Waals surface area contributed by atoms with Crippen LogP contribution in [0.15, 0.2) is 42.6 Å². The normalized spacial score (nSPS) is 10.1. The first-order valence-electron chi connectivity index (χ1n) is 5.62. The van der Waals surface area contributed by atoms with Gasteiger partial charge in [0.2, 0.25) is 5.75 Å². The van der Waals surface area contributed by atoms with E-state index >= 15 is 0 Å². The van der Waals surface area contributed by atoms with Gasteiger partial charge in [0, 0.05) is 6.07 Å². The molecule has 0 aliphatic carbocycles. The third-order valence-electron chi connectivity index (χ3n) is 2.57. The van der Waals surface area contributed by atoms with Gasteiger partial charge in [-0.25, -0.2) is 4.79 Å². The van der Waals surface area contributed by atoms with Gasteiger partial charge >= 0.3 is 11.1 Å². The predicted octanol–water partition coefficient (Wildman–Crippen LogP) is 2.74. The molecule has 2 rings (SSSR count). The molecular formula is C14H13ClNO3+. The number of hydrogen-bond donors (Lipinski definition) is 0. The van der Waals surface area contributed by atoms with Crippen LogP contribution in [0, 0.1) is 0 Å². The Labute approximate surface area is 116 Å². The first-order chi connectivity index (χ1) is 9.11. The quantitative estimate of drug-likeness (QED) is 0.492. The maximum absolute atomic E-state index is 11.3. The number of aryl methyl sites for hydroxylation is 1. The van der Waals surface area contributed by atoms with E-state index in [0.717, 1.165) is 0 Å². The molecule has 0 atom stereocenters. The van der Waals surface area contributed by atoms with Gasteiger partial charge in [-0.15, -0.1) is 0 Å². The summed E-state index contributed by atoms with van der Waals surface area (Å²) in [7, 11) is 3.17. The summed E-state index contributed by atoms with van der Waals surface area (Å²) in [6, 6.07) is 10.3. The summed E-state index contributed by atoms with van der Waals surface area (Å²) in [4.78, 5) is 11.3. The lowest BCUT2D eigenvalue weighted by atomic mass is 10.2. The van der Waals surface area contributed by atoms with Gasteiger partial charge in [-0.05, 0) is 41.9 Å². The van der Waals surface area contributed by atoms with E-state index in [9.17, 15) is 4.79 Å². The van der Waals surface area contributed by atoms with Crippen LogP contribution in [0.25, 0.3) is 0 Å². The average Bonchev–Trinajstić information content (AvgIpc) is 2.44. The molecule has 0 radical (unpaired) electrons. The summed E-state index contributed by atoms with van der Waals surface area (Å²) in [5, 5.41) is 0.500. The number of aromatic nitrogens is 1. The summed E-state index contributed by atoms with van der Waals surface area (Å²) in [6.45, 7) is 0. The van der Waals surface area contributed by atoms with Crippen LogP contribution in [0.4, 0.5) is 0 Å². The Morgan fingerprint density at radius 1 is 1.21 bits per heavy atom. The molecule has 0 bridgehead atoms. The standard InChI is InChI=1S/C14H13ClNO3/c1-16-9-3-4-12(13(16)15)19-11-7-5-10(6-8-11)14(17)18-2/h3-9H,1-2H3/q+1. The zero-order valence-electron chi connectivity index (χ0n) is 10.6. The summed E-state index contributed by atoms with van der Waals surface area (Å²) in [5.41, 5.74) is 0.472. The molecule has 4 nitrogen and oxygen atoms in total. The molecule has 0 saturated carbocycles. The van der Waals surface area contributed by atoms with E-state index in [-0.39, 0.29) is 5.97 Å². The minimum Gasteiger partial charge on any atom is -0.465 e. The van der Waals surface area contributed by atoms with Crippen molar-refractivity contribution in [1.29, 1.82) is 0 Å². The van der Waals surface area contributed by atoms with Crippen molar-refractivity contribution < 1.29 is 18.8 Å². The van der Waals surface area contributed by atoms with E-state index in [4.69, 9.17) is 16.3 Å². The number of rotatable bonds is 3. The fourth-order valence-electron chi connectivity index (χ4n) is 1.55. The van der Waals surface area contributed by atoms with Crippen molar-refractivity contribution >= 4 is 17.6 Å². The van der Waals surface area contributed by atoms with E-state index < -0.39 is 0 Å². The topological polar surface area (TPSA) is 39.4 Å². The van der Waals surface area contributed by atoms with Crippen LogP contribution in [-0.4, -0.2) is 13.1 Å². The number of esters is 1. The summed E-state index contributed by atoms with van der Waals surface area (Å²) in [6.07, 6.45) is 1.83. The summed E-state index contributed by atoms with van der Waals surface area (Å²) >= 11 is 6.11. The molecule has 1 aromatic carbocycles. The van der Waals surface area contributed by atoms with E-state index in [1.54, 1.807) is 34.9 Å². The Balaban J connectivity index is 2.20. The van der Waals surface area contributed by atoms with Crippen molar-refractivity contribution in [3.63, 3.8) is 0 Å². The molecule has 0 aliphatic rings. The number of benzene rings is 1. The average molecular weight is 279 g/mol. The Kier molecular flexibility index (Phi) is 4.02. The molecule has 2 aromatic rings. The van der Waals surface area contributed by atoms with Crippen molar-refractivity contribution in [2.45, 2.75) is 0 Å². The molecule has 98 valence electrons. The van der Waals surface area contributed by atoms with Crippen molar-refractivity contribution in [1.82, 2.24) is 0 Å². The minimum absolute atomic E-state index is 0.379. The van der Waals surface area contributed by atoms with Crippen LogP contribution in [0.2, 0.25) is 5.15 Å². The van der Waals surface area contributed by atoms with Crippen LogP contribution in [-0.2, 0) is 11.8 Å². The van der Waals surface area contributed by atoms with Gasteiger partial charge in [0.15, 0.2) is 6.20 Å². The summed E-state index contributed by atoms with van der Waals surface area (Å²) in [5.74, 6) is 0.772. The molecule has 1 aromatic heterocycles. The van der Waals surface area contributed by atoms with Crippen molar-refractivity contribution in [3.05, 3.63) is 53.3 Å². The number of methoxy groups -OCH3 is 1. The fourth-order valence-corrected chi connectivity index (χ4v) is 1.71. The largest absolute Gasteiger partial charge is 0.465 e. The lowest BCUT2D eigenvalue weighted by Gasteiger charge is -2.06. The molecule has 0 N–H and O–H groups in total. The highest BCUT2D eigenvalue weighted by Crippen LogP contribution is 2.26. The lowest BCUT2D eigenvalue weighted by Crippen LogP contribution is -2.28. The molecule has 5 heteroatoms. The highest BCUT2D eigenvalue weighted by molar-refractivity contribution is 6.29. The van der Waals surface area contributed by atoms with Gasteiger partial charge in [0.05, 0.1) is 12.7 Å². The lowest BCUT2D eigenvalue weighted by molar-refractivity contribution is -0.669. The Morgan fingerprint density at radius 3 is 2.53 bits per heavy atom. The molecule has 0 saturated heterocycles. The van der Waals surface area contributed by atoms with Crippen LogP contribution in [0.1, 0.15) is 10.4 Å². The Hall–Kier alpha value is -2.07. The molecule has 19 heavy (non-hydrogen) atoms. The van der Waals surface area contributed by atoms with E-state index in [1.165, 1.54) is 7.11 Å². The number of ether oxygens (including phenoxy) is 2. The number of halogens is 1. The number of carbonyl (C=O) groups excluding carboxylic acids is 1. The first-order valence-corrected chi connectivity index (χ1v) is 6.00. The van der Waals surface area contributed by atoms with E-state index in [0.29, 0.717) is 22.2 Å². The second-order valence-electron chi connectivity index (χ2n) is 3.89. The second kappa shape index (κ2) is 5.71. The molecular weight excluding hydrogens is 266 g/mol. The Bertz CT molecular complexity index is 596. The molecule has 0 fully saturated rings. The SMILES string of the molecule is COC(=O)c1ccc(Oc2ccc[n+](C)c2Cl)cc1.